The van der Waals surface area contributed by atoms with Crippen LogP contribution in [-0.2, 0) is 4.74 Å². The van der Waals surface area contributed by atoms with Gasteiger partial charge in [0.25, 0.3) is 0 Å². The Morgan fingerprint density at radius 2 is 2.14 bits per heavy atom. The van der Waals surface area contributed by atoms with Crippen LogP contribution in [0.3, 0.4) is 0 Å². The third-order valence-electron chi connectivity index (χ3n) is 3.42. The van der Waals surface area contributed by atoms with E-state index >= 15 is 0 Å². The van der Waals surface area contributed by atoms with Crippen LogP contribution in [0, 0.1) is 0 Å². The van der Waals surface area contributed by atoms with Gasteiger partial charge >= 0.3 is 0 Å². The summed E-state index contributed by atoms with van der Waals surface area (Å²) >= 11 is 5.86. The summed E-state index contributed by atoms with van der Waals surface area (Å²) in [5.41, 5.74) is 0.814. The van der Waals surface area contributed by atoms with Crippen LogP contribution in [0.25, 0.3) is 11.2 Å². The Bertz CT molecular complexity index is 665. The van der Waals surface area contributed by atoms with Gasteiger partial charge in [-0.05, 0) is 11.6 Å². The van der Waals surface area contributed by atoms with Gasteiger partial charge in [0.05, 0.1) is 12.9 Å². The van der Waals surface area contributed by atoms with Crippen LogP contribution < -0.4 is 5.32 Å². The molecular weight excluding hydrogens is 302 g/mol. The van der Waals surface area contributed by atoms with E-state index in [1.807, 2.05) is 0 Å². The van der Waals surface area contributed by atoms with E-state index in [0.29, 0.717) is 17.0 Å². The molecule has 0 radical (unpaired) electrons. The molecule has 0 aliphatic carbocycles. The van der Waals surface area contributed by atoms with E-state index in [1.165, 1.54) is 10.9 Å². The second-order valence-corrected chi connectivity index (χ2v) is 4.98. The van der Waals surface area contributed by atoms with Crippen molar-refractivity contribution in [2.45, 2.75) is 24.5 Å². The second-order valence-electron chi connectivity index (χ2n) is 4.64. The van der Waals surface area contributed by atoms with E-state index < -0.39 is 31.1 Å². The van der Waals surface area contributed by atoms with Crippen LogP contribution in [0.1, 0.15) is 6.23 Å². The largest absolute Gasteiger partial charge is 0.394 e. The molecule has 21 heavy (non-hydrogen) atoms. The van der Waals surface area contributed by atoms with E-state index in [9.17, 15) is 10.2 Å². The molecule has 0 bridgehead atoms. The van der Waals surface area contributed by atoms with Gasteiger partial charge in [0, 0.05) is 7.05 Å². The minimum Gasteiger partial charge on any atom is -0.394 e. The number of hydrogen-bond donors (Lipinski definition) is 4. The maximum atomic E-state index is 10.1. The smallest absolute Gasteiger partial charge is 0.226 e. The third kappa shape index (κ3) is 2.23. The summed E-state index contributed by atoms with van der Waals surface area (Å²) in [5.74, 6) is 0.440. The number of nitrogens with zero attached hydrogens (tertiary/aromatic N) is 4. The van der Waals surface area contributed by atoms with Crippen molar-refractivity contribution in [2.75, 3.05) is 19.0 Å². The third-order valence-corrected chi connectivity index (χ3v) is 3.59. The topological polar surface area (TPSA) is 126 Å². The lowest BCUT2D eigenvalue weighted by Gasteiger charge is -2.16. The Hall–Kier alpha value is -1.52. The van der Waals surface area contributed by atoms with Gasteiger partial charge in [0.1, 0.15) is 18.3 Å². The molecule has 9 nitrogen and oxygen atoms in total. The molecule has 2 aromatic rings. The predicted molar refractivity (Wildman–Crippen MR) is 72.9 cm³/mol. The van der Waals surface area contributed by atoms with Crippen molar-refractivity contribution in [1.29, 1.82) is 0 Å². The number of imidazole rings is 1. The monoisotopic (exact) mass is 315 g/mol. The van der Waals surface area contributed by atoms with Crippen molar-refractivity contribution in [3.8, 4) is 0 Å². The van der Waals surface area contributed by atoms with Crippen LogP contribution >= 0.6 is 11.6 Å². The van der Waals surface area contributed by atoms with Crippen LogP contribution in [-0.4, -0.2) is 66.8 Å². The number of rotatable bonds is 3. The molecule has 1 aliphatic rings. The van der Waals surface area contributed by atoms with Gasteiger partial charge in [-0.15, -0.1) is 0 Å². The number of fused-ring (bicyclic) bond motifs is 1. The average molecular weight is 316 g/mol. The van der Waals surface area contributed by atoms with E-state index in [-0.39, 0.29) is 5.28 Å². The first-order valence-corrected chi connectivity index (χ1v) is 6.65. The van der Waals surface area contributed by atoms with Crippen LogP contribution in [0.2, 0.25) is 5.28 Å². The SMILES string of the molecule is CNc1nc(Cl)nc2c1ncn2[C@@H]1O[C@H](CO)C(O)C1O. The minimum absolute atomic E-state index is 0.0142. The Balaban J connectivity index is 2.07. The van der Waals surface area contributed by atoms with Crippen molar-refractivity contribution in [1.82, 2.24) is 19.5 Å². The summed E-state index contributed by atoms with van der Waals surface area (Å²) in [7, 11) is 1.67. The van der Waals surface area contributed by atoms with Crippen molar-refractivity contribution >= 4 is 28.6 Å². The fourth-order valence-electron chi connectivity index (χ4n) is 2.36. The van der Waals surface area contributed by atoms with Crippen molar-refractivity contribution in [3.05, 3.63) is 11.6 Å². The Kier molecular flexibility index (Phi) is 3.68. The molecule has 0 amide bonds. The molecule has 10 heteroatoms. The van der Waals surface area contributed by atoms with Crippen molar-refractivity contribution < 1.29 is 20.1 Å². The average Bonchev–Trinajstić information content (AvgIpc) is 3.01. The quantitative estimate of drug-likeness (QED) is 0.539. The summed E-state index contributed by atoms with van der Waals surface area (Å²) in [6.07, 6.45) is -2.79. The molecular formula is C11H14ClN5O4. The van der Waals surface area contributed by atoms with Crippen molar-refractivity contribution in [2.24, 2.45) is 0 Å². The number of anilines is 1. The van der Waals surface area contributed by atoms with E-state index in [2.05, 4.69) is 20.3 Å². The molecule has 2 unspecified atom stereocenters. The highest BCUT2D eigenvalue weighted by Gasteiger charge is 2.44. The molecule has 114 valence electrons. The van der Waals surface area contributed by atoms with Crippen LogP contribution in [0.4, 0.5) is 5.82 Å². The van der Waals surface area contributed by atoms with Gasteiger partial charge in [0.15, 0.2) is 23.2 Å². The molecule has 1 saturated heterocycles. The van der Waals surface area contributed by atoms with Crippen molar-refractivity contribution in [3.63, 3.8) is 0 Å². The zero-order chi connectivity index (χ0) is 15.1. The zero-order valence-electron chi connectivity index (χ0n) is 11.0. The first-order chi connectivity index (χ1) is 10.1. The van der Waals surface area contributed by atoms with Gasteiger partial charge in [-0.2, -0.15) is 9.97 Å². The fraction of sp³-hybridized carbons (Fsp3) is 0.545. The van der Waals surface area contributed by atoms with Gasteiger partial charge in [-0.3, -0.25) is 4.57 Å². The lowest BCUT2D eigenvalue weighted by Crippen LogP contribution is -2.33. The lowest BCUT2D eigenvalue weighted by atomic mass is 10.1. The number of halogens is 1. The standard InChI is InChI=1S/C11H14ClN5O4/c1-13-8-5-9(16-11(12)15-8)17(3-14-5)10-7(20)6(19)4(2-18)21-10/h3-4,6-7,10,18-20H,2H2,1H3,(H,13,15,16)/t4-,6?,7?,10-/m1/s1. The van der Waals surface area contributed by atoms with E-state index in [4.69, 9.17) is 21.4 Å². The van der Waals surface area contributed by atoms with Crippen LogP contribution in [0.15, 0.2) is 6.33 Å². The van der Waals surface area contributed by atoms with Gasteiger partial charge in [-0.1, -0.05) is 0 Å². The van der Waals surface area contributed by atoms with Gasteiger partial charge in [-0.25, -0.2) is 4.98 Å². The molecule has 1 fully saturated rings. The highest BCUT2D eigenvalue weighted by Crippen LogP contribution is 2.32. The summed E-state index contributed by atoms with van der Waals surface area (Å²) in [6.45, 7) is -0.404. The number of aromatic nitrogens is 4. The highest BCUT2D eigenvalue weighted by molar-refractivity contribution is 6.28. The summed E-state index contributed by atoms with van der Waals surface area (Å²) < 4.78 is 6.90. The number of hydrogen-bond acceptors (Lipinski definition) is 8. The number of aliphatic hydroxyl groups is 3. The summed E-state index contributed by atoms with van der Waals surface area (Å²) in [4.78, 5) is 12.2. The molecule has 4 N–H and O–H groups in total. The molecule has 3 rings (SSSR count). The molecule has 0 saturated carbocycles. The zero-order valence-corrected chi connectivity index (χ0v) is 11.8. The Labute approximate surface area is 124 Å². The predicted octanol–water partition coefficient (Wildman–Crippen LogP) is -0.867. The maximum Gasteiger partial charge on any atom is 0.226 e. The first kappa shape index (κ1) is 14.4. The number of nitrogens with one attached hydrogen (secondary N) is 1. The lowest BCUT2D eigenvalue weighted by molar-refractivity contribution is -0.0511. The van der Waals surface area contributed by atoms with Gasteiger partial charge in [0.2, 0.25) is 5.28 Å². The summed E-state index contributed by atoms with van der Waals surface area (Å²) in [5, 5.41) is 31.9. The fourth-order valence-corrected chi connectivity index (χ4v) is 2.52. The Morgan fingerprint density at radius 1 is 1.38 bits per heavy atom. The highest BCUT2D eigenvalue weighted by atomic mass is 35.5. The summed E-state index contributed by atoms with van der Waals surface area (Å²) in [6, 6.07) is 0. The molecule has 3 heterocycles. The Morgan fingerprint density at radius 3 is 2.76 bits per heavy atom. The molecule has 0 aromatic carbocycles. The van der Waals surface area contributed by atoms with Gasteiger partial charge < -0.3 is 25.4 Å². The number of aliphatic hydroxyl groups excluding tert-OH is 3. The molecule has 1 aliphatic heterocycles. The minimum atomic E-state index is -1.22. The molecule has 4 atom stereocenters. The molecule has 0 spiro atoms. The second kappa shape index (κ2) is 5.35. The number of ether oxygens (including phenoxy) is 1. The maximum absolute atomic E-state index is 10.1. The van der Waals surface area contributed by atoms with E-state index in [1.54, 1.807) is 7.05 Å². The molecule has 2 aromatic heterocycles. The normalized spacial score (nSPS) is 29.2. The van der Waals surface area contributed by atoms with E-state index in [0.717, 1.165) is 0 Å². The first-order valence-electron chi connectivity index (χ1n) is 6.27. The van der Waals surface area contributed by atoms with Crippen LogP contribution in [0.5, 0.6) is 0 Å².